The average molecular weight is 269 g/mol. The summed E-state index contributed by atoms with van der Waals surface area (Å²) in [4.78, 5) is 24.9. The first-order valence-electron chi connectivity index (χ1n) is 6.52. The van der Waals surface area contributed by atoms with Crippen LogP contribution in [0, 0.1) is 5.41 Å². The van der Waals surface area contributed by atoms with Crippen LogP contribution in [0.3, 0.4) is 0 Å². The zero-order valence-electron chi connectivity index (χ0n) is 11.9. The molecule has 0 radical (unpaired) electrons. The number of amides is 1. The average Bonchev–Trinajstić information content (AvgIpc) is 2.69. The summed E-state index contributed by atoms with van der Waals surface area (Å²) in [6.07, 6.45) is 2.88. The number of carbonyl (C=O) groups excluding carboxylic acids is 1. The fourth-order valence-electron chi connectivity index (χ4n) is 2.22. The summed E-state index contributed by atoms with van der Waals surface area (Å²) in [5.74, 6) is -0.847. The predicted molar refractivity (Wildman–Crippen MR) is 71.9 cm³/mol. The van der Waals surface area contributed by atoms with Crippen LogP contribution in [0.25, 0.3) is 0 Å². The van der Waals surface area contributed by atoms with Gasteiger partial charge in [-0.25, -0.2) is 4.79 Å². The van der Waals surface area contributed by atoms with Gasteiger partial charge in [0.1, 0.15) is 5.60 Å². The smallest absolute Gasteiger partial charge is 0.410 e. The highest BCUT2D eigenvalue weighted by molar-refractivity contribution is 5.78. The van der Waals surface area contributed by atoms with Crippen LogP contribution in [-0.4, -0.2) is 40.8 Å². The van der Waals surface area contributed by atoms with Crippen molar-refractivity contribution in [2.24, 2.45) is 5.41 Å². The van der Waals surface area contributed by atoms with Crippen molar-refractivity contribution in [1.29, 1.82) is 0 Å². The van der Waals surface area contributed by atoms with Crippen LogP contribution in [-0.2, 0) is 9.53 Å². The van der Waals surface area contributed by atoms with Gasteiger partial charge in [0.15, 0.2) is 0 Å². The number of carboxylic acids is 1. The summed E-state index contributed by atoms with van der Waals surface area (Å²) in [6.45, 7) is 9.64. The third kappa shape index (κ3) is 3.98. The number of carboxylic acid groups (broad SMARTS) is 1. The first-order chi connectivity index (χ1) is 8.70. The summed E-state index contributed by atoms with van der Waals surface area (Å²) in [6, 6.07) is 0. The summed E-state index contributed by atoms with van der Waals surface area (Å²) in [5, 5.41) is 9.41. The van der Waals surface area contributed by atoms with Gasteiger partial charge in [-0.1, -0.05) is 6.08 Å². The number of rotatable bonds is 4. The zero-order valence-corrected chi connectivity index (χ0v) is 11.9. The summed E-state index contributed by atoms with van der Waals surface area (Å²) in [5.41, 5.74) is -1.42. The van der Waals surface area contributed by atoms with Crippen LogP contribution < -0.4 is 0 Å². The standard InChI is InChI=1S/C14H23NO4/c1-5-6-7-14(11(16)17)8-9-15(10-14)12(18)19-13(2,3)4/h5H,1,6-10H2,2-4H3,(H,16,17). The highest BCUT2D eigenvalue weighted by Gasteiger charge is 2.46. The Morgan fingerprint density at radius 3 is 2.58 bits per heavy atom. The topological polar surface area (TPSA) is 66.8 Å². The van der Waals surface area contributed by atoms with Gasteiger partial charge in [0, 0.05) is 13.1 Å². The lowest BCUT2D eigenvalue weighted by atomic mass is 9.82. The summed E-state index contributed by atoms with van der Waals surface area (Å²) >= 11 is 0. The third-order valence-corrected chi connectivity index (χ3v) is 3.29. The molecule has 108 valence electrons. The monoisotopic (exact) mass is 269 g/mol. The van der Waals surface area contributed by atoms with Gasteiger partial charge in [0.2, 0.25) is 0 Å². The van der Waals surface area contributed by atoms with Gasteiger partial charge in [0.25, 0.3) is 0 Å². The molecule has 1 fully saturated rings. The molecule has 1 saturated heterocycles. The molecule has 0 aromatic heterocycles. The highest BCUT2D eigenvalue weighted by atomic mass is 16.6. The van der Waals surface area contributed by atoms with Crippen molar-refractivity contribution in [2.75, 3.05) is 13.1 Å². The molecule has 5 nitrogen and oxygen atoms in total. The van der Waals surface area contributed by atoms with E-state index in [4.69, 9.17) is 4.74 Å². The number of hydrogen-bond acceptors (Lipinski definition) is 3. The van der Waals surface area contributed by atoms with Crippen molar-refractivity contribution in [3.8, 4) is 0 Å². The highest BCUT2D eigenvalue weighted by Crippen LogP contribution is 2.36. The maximum atomic E-state index is 11.9. The van der Waals surface area contributed by atoms with E-state index in [9.17, 15) is 14.7 Å². The Labute approximate surface area is 114 Å². The van der Waals surface area contributed by atoms with Crippen molar-refractivity contribution >= 4 is 12.1 Å². The number of nitrogens with zero attached hydrogens (tertiary/aromatic N) is 1. The minimum Gasteiger partial charge on any atom is -0.481 e. The number of aliphatic carboxylic acids is 1. The van der Waals surface area contributed by atoms with Crippen molar-refractivity contribution in [1.82, 2.24) is 4.90 Å². The minimum absolute atomic E-state index is 0.213. The fraction of sp³-hybridized carbons (Fsp3) is 0.714. The Morgan fingerprint density at radius 1 is 1.47 bits per heavy atom. The Kier molecular flexibility index (Phi) is 4.61. The predicted octanol–water partition coefficient (Wildman–Crippen LogP) is 2.66. The Balaban J connectivity index is 2.71. The van der Waals surface area contributed by atoms with E-state index >= 15 is 0 Å². The molecule has 0 aromatic carbocycles. The molecular formula is C14H23NO4. The van der Waals surface area contributed by atoms with Gasteiger partial charge in [0.05, 0.1) is 5.41 Å². The second-order valence-electron chi connectivity index (χ2n) is 6.06. The van der Waals surface area contributed by atoms with E-state index in [0.29, 0.717) is 25.8 Å². The van der Waals surface area contributed by atoms with Crippen LogP contribution in [0.2, 0.25) is 0 Å². The SMILES string of the molecule is C=CCCC1(C(=O)O)CCN(C(=O)OC(C)(C)C)C1. The number of ether oxygens (including phenoxy) is 1. The van der Waals surface area contributed by atoms with E-state index in [1.165, 1.54) is 4.90 Å². The molecule has 0 bridgehead atoms. The fourth-order valence-corrected chi connectivity index (χ4v) is 2.22. The molecule has 1 rings (SSSR count). The number of allylic oxidation sites excluding steroid dienone is 1. The molecule has 1 amide bonds. The number of hydrogen-bond donors (Lipinski definition) is 1. The first kappa shape index (κ1) is 15.5. The van der Waals surface area contributed by atoms with E-state index in [2.05, 4.69) is 6.58 Å². The molecule has 1 heterocycles. The molecular weight excluding hydrogens is 246 g/mol. The normalized spacial score (nSPS) is 23.2. The third-order valence-electron chi connectivity index (χ3n) is 3.29. The van der Waals surface area contributed by atoms with Gasteiger partial charge in [-0.3, -0.25) is 4.79 Å². The zero-order chi connectivity index (χ0) is 14.7. The maximum absolute atomic E-state index is 11.9. The second-order valence-corrected chi connectivity index (χ2v) is 6.06. The summed E-state index contributed by atoms with van der Waals surface area (Å²) < 4.78 is 5.27. The lowest BCUT2D eigenvalue weighted by Crippen LogP contribution is -2.39. The van der Waals surface area contributed by atoms with Crippen LogP contribution >= 0.6 is 0 Å². The van der Waals surface area contributed by atoms with Crippen molar-refractivity contribution in [2.45, 2.75) is 45.6 Å². The van der Waals surface area contributed by atoms with Crippen LogP contribution in [0.15, 0.2) is 12.7 Å². The maximum Gasteiger partial charge on any atom is 0.410 e. The van der Waals surface area contributed by atoms with E-state index in [1.807, 2.05) is 0 Å². The van der Waals surface area contributed by atoms with E-state index in [1.54, 1.807) is 26.8 Å². The number of likely N-dealkylation sites (tertiary alicyclic amines) is 1. The van der Waals surface area contributed by atoms with E-state index in [0.717, 1.165) is 0 Å². The molecule has 1 N–H and O–H groups in total. The molecule has 19 heavy (non-hydrogen) atoms. The molecule has 1 aliphatic rings. The molecule has 0 saturated carbocycles. The van der Waals surface area contributed by atoms with Crippen LogP contribution in [0.1, 0.15) is 40.0 Å². The van der Waals surface area contributed by atoms with Gasteiger partial charge >= 0.3 is 12.1 Å². The molecule has 1 unspecified atom stereocenters. The van der Waals surface area contributed by atoms with E-state index < -0.39 is 23.1 Å². The van der Waals surface area contributed by atoms with Crippen molar-refractivity contribution in [3.05, 3.63) is 12.7 Å². The molecule has 0 aromatic rings. The lowest BCUT2D eigenvalue weighted by molar-refractivity contribution is -0.148. The van der Waals surface area contributed by atoms with Gasteiger partial charge in [-0.05, 0) is 40.0 Å². The molecule has 1 atom stereocenters. The quantitative estimate of drug-likeness (QED) is 0.797. The largest absolute Gasteiger partial charge is 0.481 e. The van der Waals surface area contributed by atoms with Crippen molar-refractivity contribution < 1.29 is 19.4 Å². The molecule has 0 aliphatic carbocycles. The second kappa shape index (κ2) is 5.63. The van der Waals surface area contributed by atoms with Crippen LogP contribution in [0.4, 0.5) is 4.79 Å². The molecule has 0 spiro atoms. The first-order valence-corrected chi connectivity index (χ1v) is 6.52. The van der Waals surface area contributed by atoms with Gasteiger partial charge in [-0.15, -0.1) is 6.58 Å². The van der Waals surface area contributed by atoms with Crippen LogP contribution in [0.5, 0.6) is 0 Å². The molecule has 1 aliphatic heterocycles. The Hall–Kier alpha value is -1.52. The van der Waals surface area contributed by atoms with Gasteiger partial charge < -0.3 is 14.7 Å². The van der Waals surface area contributed by atoms with E-state index in [-0.39, 0.29) is 6.54 Å². The minimum atomic E-state index is -0.856. The molecule has 5 heteroatoms. The summed E-state index contributed by atoms with van der Waals surface area (Å²) in [7, 11) is 0. The number of carbonyl (C=O) groups is 2. The Bertz CT molecular complexity index is 372. The van der Waals surface area contributed by atoms with Crippen molar-refractivity contribution in [3.63, 3.8) is 0 Å². The van der Waals surface area contributed by atoms with Gasteiger partial charge in [-0.2, -0.15) is 0 Å². The Morgan fingerprint density at radius 2 is 2.11 bits per heavy atom. The lowest BCUT2D eigenvalue weighted by Gasteiger charge is -2.26.